The van der Waals surface area contributed by atoms with Crippen LogP contribution >= 0.6 is 0 Å². The van der Waals surface area contributed by atoms with Gasteiger partial charge in [0.1, 0.15) is 0 Å². The minimum absolute atomic E-state index is 0.182. The van der Waals surface area contributed by atoms with E-state index in [0.29, 0.717) is 6.04 Å². The summed E-state index contributed by atoms with van der Waals surface area (Å²) in [6.07, 6.45) is 6.34. The number of pyridine rings is 1. The highest BCUT2D eigenvalue weighted by molar-refractivity contribution is 5.16. The molecular formula is C18H33N3. The van der Waals surface area contributed by atoms with Crippen LogP contribution in [0.25, 0.3) is 0 Å². The fraction of sp³-hybridized carbons (Fsp3) is 0.722. The normalized spacial score (nSPS) is 13.7. The van der Waals surface area contributed by atoms with E-state index in [2.05, 4.69) is 69.1 Å². The van der Waals surface area contributed by atoms with Gasteiger partial charge in [0.25, 0.3) is 0 Å². The Bertz CT molecular complexity index is 393. The summed E-state index contributed by atoms with van der Waals surface area (Å²) in [5.74, 6) is 0. The van der Waals surface area contributed by atoms with Gasteiger partial charge < -0.3 is 10.2 Å². The summed E-state index contributed by atoms with van der Waals surface area (Å²) in [5, 5.41) is 3.70. The van der Waals surface area contributed by atoms with Gasteiger partial charge in [0.15, 0.2) is 0 Å². The Morgan fingerprint density at radius 3 is 2.19 bits per heavy atom. The third-order valence-corrected chi connectivity index (χ3v) is 4.92. The second kappa shape index (κ2) is 8.50. The zero-order valence-corrected chi connectivity index (χ0v) is 14.7. The molecule has 120 valence electrons. The van der Waals surface area contributed by atoms with E-state index in [1.54, 1.807) is 0 Å². The van der Waals surface area contributed by atoms with Crippen LogP contribution in [0.3, 0.4) is 0 Å². The van der Waals surface area contributed by atoms with Crippen LogP contribution in [0.15, 0.2) is 18.3 Å². The number of hydrogen-bond donors (Lipinski definition) is 1. The van der Waals surface area contributed by atoms with E-state index in [-0.39, 0.29) is 5.54 Å². The van der Waals surface area contributed by atoms with Crippen LogP contribution in [0.4, 0.5) is 0 Å². The van der Waals surface area contributed by atoms with Gasteiger partial charge >= 0.3 is 0 Å². The molecule has 0 spiro atoms. The average Bonchev–Trinajstić information content (AvgIpc) is 2.49. The van der Waals surface area contributed by atoms with Crippen molar-refractivity contribution in [3.8, 4) is 0 Å². The molecule has 0 bridgehead atoms. The predicted molar refractivity (Wildman–Crippen MR) is 91.8 cm³/mol. The molecule has 1 unspecified atom stereocenters. The zero-order chi connectivity index (χ0) is 15.9. The molecule has 0 aliphatic rings. The van der Waals surface area contributed by atoms with Gasteiger partial charge in [-0.3, -0.25) is 4.98 Å². The van der Waals surface area contributed by atoms with Crippen molar-refractivity contribution in [2.24, 2.45) is 0 Å². The number of aryl methyl sites for hydroxylation is 1. The number of nitrogens with one attached hydrogen (secondary N) is 1. The maximum Gasteiger partial charge on any atom is 0.0420 e. The largest absolute Gasteiger partial charge is 0.312 e. The number of likely N-dealkylation sites (N-methyl/N-ethyl adjacent to an activating group) is 2. The van der Waals surface area contributed by atoms with Crippen LogP contribution in [0.1, 0.15) is 51.8 Å². The van der Waals surface area contributed by atoms with Crippen LogP contribution in [0.2, 0.25) is 0 Å². The molecule has 1 atom stereocenters. The van der Waals surface area contributed by atoms with Crippen molar-refractivity contribution in [1.82, 2.24) is 15.2 Å². The smallest absolute Gasteiger partial charge is 0.0420 e. The molecule has 3 nitrogen and oxygen atoms in total. The summed E-state index contributed by atoms with van der Waals surface area (Å²) < 4.78 is 0. The SMILES string of the molecule is CCNC(Cc1ccc(CC)cn1)C(CC)(CC)N(C)C. The maximum atomic E-state index is 4.65. The predicted octanol–water partition coefficient (Wildman–Crippen LogP) is 3.29. The maximum absolute atomic E-state index is 4.65. The molecule has 0 saturated carbocycles. The first-order valence-electron chi connectivity index (χ1n) is 8.38. The van der Waals surface area contributed by atoms with E-state index in [4.69, 9.17) is 0 Å². The molecule has 1 N–H and O–H groups in total. The van der Waals surface area contributed by atoms with Gasteiger partial charge in [-0.15, -0.1) is 0 Å². The molecule has 1 rings (SSSR count). The van der Waals surface area contributed by atoms with Crippen LogP contribution in [-0.4, -0.2) is 42.1 Å². The Kier molecular flexibility index (Phi) is 7.33. The highest BCUT2D eigenvalue weighted by Crippen LogP contribution is 2.27. The summed E-state index contributed by atoms with van der Waals surface area (Å²) in [4.78, 5) is 7.04. The number of hydrogen-bond acceptors (Lipinski definition) is 3. The second-order valence-electron chi connectivity index (χ2n) is 6.03. The number of nitrogens with zero attached hydrogens (tertiary/aromatic N) is 2. The van der Waals surface area contributed by atoms with Gasteiger partial charge in [-0.25, -0.2) is 0 Å². The number of aromatic nitrogens is 1. The summed E-state index contributed by atoms with van der Waals surface area (Å²) >= 11 is 0. The first-order chi connectivity index (χ1) is 10.0. The third kappa shape index (κ3) is 4.27. The fourth-order valence-corrected chi connectivity index (χ4v) is 3.38. The lowest BCUT2D eigenvalue weighted by Crippen LogP contribution is -2.59. The molecule has 0 saturated heterocycles. The molecule has 3 heteroatoms. The Morgan fingerprint density at radius 2 is 1.81 bits per heavy atom. The van der Waals surface area contributed by atoms with E-state index in [0.717, 1.165) is 32.2 Å². The highest BCUT2D eigenvalue weighted by Gasteiger charge is 2.37. The van der Waals surface area contributed by atoms with Crippen molar-refractivity contribution in [1.29, 1.82) is 0 Å². The van der Waals surface area contributed by atoms with Gasteiger partial charge in [0.05, 0.1) is 0 Å². The monoisotopic (exact) mass is 291 g/mol. The van der Waals surface area contributed by atoms with Gasteiger partial charge in [-0.05, 0) is 51.5 Å². The molecule has 21 heavy (non-hydrogen) atoms. The van der Waals surface area contributed by atoms with E-state index in [1.807, 2.05) is 6.20 Å². The van der Waals surface area contributed by atoms with E-state index in [9.17, 15) is 0 Å². The van der Waals surface area contributed by atoms with Gasteiger partial charge in [-0.1, -0.05) is 33.8 Å². The standard InChI is InChI=1S/C18H33N3/c1-7-15-11-12-16(20-14-15)13-17(19-10-4)18(8-2,9-3)21(5)6/h11-12,14,17,19H,7-10,13H2,1-6H3. The van der Waals surface area contributed by atoms with Gasteiger partial charge in [0, 0.05) is 29.9 Å². The van der Waals surface area contributed by atoms with Crippen LogP contribution in [0.5, 0.6) is 0 Å². The lowest BCUT2D eigenvalue weighted by molar-refractivity contribution is 0.0885. The first-order valence-corrected chi connectivity index (χ1v) is 8.38. The van der Waals surface area contributed by atoms with Crippen LogP contribution in [0, 0.1) is 0 Å². The third-order valence-electron chi connectivity index (χ3n) is 4.92. The summed E-state index contributed by atoms with van der Waals surface area (Å²) in [5.41, 5.74) is 2.68. The Balaban J connectivity index is 2.98. The summed E-state index contributed by atoms with van der Waals surface area (Å²) in [7, 11) is 4.40. The molecule has 0 fully saturated rings. The summed E-state index contributed by atoms with van der Waals surface area (Å²) in [6, 6.07) is 4.82. The van der Waals surface area contributed by atoms with Crippen molar-refractivity contribution in [3.05, 3.63) is 29.6 Å². The fourth-order valence-electron chi connectivity index (χ4n) is 3.38. The Morgan fingerprint density at radius 1 is 1.14 bits per heavy atom. The lowest BCUT2D eigenvalue weighted by atomic mass is 9.80. The minimum atomic E-state index is 0.182. The topological polar surface area (TPSA) is 28.2 Å². The molecule has 0 aliphatic carbocycles. The van der Waals surface area contributed by atoms with Crippen molar-refractivity contribution < 1.29 is 0 Å². The first kappa shape index (κ1) is 18.1. The zero-order valence-electron chi connectivity index (χ0n) is 14.7. The average molecular weight is 291 g/mol. The van der Waals surface area contributed by atoms with Gasteiger partial charge in [-0.2, -0.15) is 0 Å². The van der Waals surface area contributed by atoms with Gasteiger partial charge in [0.2, 0.25) is 0 Å². The highest BCUT2D eigenvalue weighted by atomic mass is 15.2. The quantitative estimate of drug-likeness (QED) is 0.757. The molecule has 1 heterocycles. The van der Waals surface area contributed by atoms with E-state index < -0.39 is 0 Å². The minimum Gasteiger partial charge on any atom is -0.312 e. The Hall–Kier alpha value is -0.930. The molecule has 0 aliphatic heterocycles. The lowest BCUT2D eigenvalue weighted by Gasteiger charge is -2.45. The summed E-state index contributed by atoms with van der Waals surface area (Å²) in [6.45, 7) is 9.94. The Labute approximate surface area is 131 Å². The molecule has 0 radical (unpaired) electrons. The van der Waals surface area contributed by atoms with Crippen molar-refractivity contribution in [2.75, 3.05) is 20.6 Å². The molecule has 1 aromatic heterocycles. The van der Waals surface area contributed by atoms with Crippen molar-refractivity contribution >= 4 is 0 Å². The molecular weight excluding hydrogens is 258 g/mol. The second-order valence-corrected chi connectivity index (χ2v) is 6.03. The van der Waals surface area contributed by atoms with E-state index in [1.165, 1.54) is 11.3 Å². The van der Waals surface area contributed by atoms with Crippen molar-refractivity contribution in [2.45, 2.75) is 65.0 Å². The van der Waals surface area contributed by atoms with Crippen molar-refractivity contribution in [3.63, 3.8) is 0 Å². The molecule has 0 amide bonds. The van der Waals surface area contributed by atoms with Crippen LogP contribution in [-0.2, 0) is 12.8 Å². The number of rotatable bonds is 9. The van der Waals surface area contributed by atoms with Crippen LogP contribution < -0.4 is 5.32 Å². The molecule has 1 aromatic rings. The van der Waals surface area contributed by atoms with E-state index >= 15 is 0 Å². The molecule has 0 aromatic carbocycles.